The summed E-state index contributed by atoms with van der Waals surface area (Å²) in [5.74, 6) is -1.30. The van der Waals surface area contributed by atoms with Crippen LogP contribution in [0.3, 0.4) is 0 Å². The molecule has 0 unspecified atom stereocenters. The number of allylic oxidation sites excluding steroid dienone is 1. The number of carbonyl (C=O) groups excluding carboxylic acids is 2. The Bertz CT molecular complexity index is 1730. The van der Waals surface area contributed by atoms with Crippen LogP contribution in [0.25, 0.3) is 5.69 Å². The molecule has 1 aliphatic heterocycles. The SMILES string of the molecule is C=C(O)Cn1c(C)c(C(=O)Nc2ccc(Oc3ccnc(NC(=O)N4CCCCC4)c3)c(F)c2)c(=O)n1-c1ccccc1. The van der Waals surface area contributed by atoms with Gasteiger partial charge in [0.2, 0.25) is 0 Å². The molecule has 11 nitrogen and oxygen atoms in total. The van der Waals surface area contributed by atoms with E-state index in [2.05, 4.69) is 22.2 Å². The smallest absolute Gasteiger partial charge is 0.323 e. The molecule has 3 amide bonds. The number of hydrogen-bond acceptors (Lipinski definition) is 6. The number of ether oxygens (including phenoxy) is 1. The lowest BCUT2D eigenvalue weighted by Gasteiger charge is -2.26. The number of nitrogens with one attached hydrogen (secondary N) is 2. The lowest BCUT2D eigenvalue weighted by atomic mass is 10.1. The number of halogens is 1. The summed E-state index contributed by atoms with van der Waals surface area (Å²) in [6.07, 6.45) is 4.45. The topological polar surface area (TPSA) is 131 Å². The number of rotatable bonds is 8. The van der Waals surface area contributed by atoms with Gasteiger partial charge in [-0.2, -0.15) is 0 Å². The number of aromatic nitrogens is 3. The van der Waals surface area contributed by atoms with Gasteiger partial charge in [0.05, 0.1) is 17.9 Å². The molecular formula is C31H31FN6O5. The molecule has 3 N–H and O–H groups in total. The van der Waals surface area contributed by atoms with E-state index in [4.69, 9.17) is 4.74 Å². The third-order valence-electron chi connectivity index (χ3n) is 6.98. The Morgan fingerprint density at radius 3 is 2.49 bits per heavy atom. The molecule has 1 aliphatic rings. The Morgan fingerprint density at radius 2 is 1.79 bits per heavy atom. The summed E-state index contributed by atoms with van der Waals surface area (Å²) in [5.41, 5.74) is 0.116. The number of benzene rings is 2. The zero-order valence-electron chi connectivity index (χ0n) is 23.5. The standard InChI is InChI=1S/C31H31FN6O5/c1-20(39)19-37-21(2)28(30(41)38(37)23-9-5-3-6-10-23)29(40)34-22-11-12-26(25(32)17-22)43-24-13-14-33-27(18-24)35-31(42)36-15-7-4-8-16-36/h3,5-6,9-14,17-18,39H,1,4,7-8,15-16,19H2,2H3,(H,34,40)(H,33,35,42). The van der Waals surface area contributed by atoms with Gasteiger partial charge in [0.15, 0.2) is 11.6 Å². The van der Waals surface area contributed by atoms with Crippen LogP contribution >= 0.6 is 0 Å². The molecule has 0 aliphatic carbocycles. The molecule has 2 aromatic heterocycles. The zero-order valence-corrected chi connectivity index (χ0v) is 23.5. The Morgan fingerprint density at radius 1 is 1.05 bits per heavy atom. The van der Waals surface area contributed by atoms with Crippen molar-refractivity contribution in [1.29, 1.82) is 0 Å². The molecule has 1 fully saturated rings. The lowest BCUT2D eigenvalue weighted by molar-refractivity contribution is 0.102. The number of piperidine rings is 1. The number of carbonyl (C=O) groups is 2. The molecule has 0 bridgehead atoms. The van der Waals surface area contributed by atoms with Crippen LogP contribution in [0.15, 0.2) is 84.0 Å². The molecule has 0 atom stereocenters. The number of para-hydroxylation sites is 1. The molecular weight excluding hydrogens is 555 g/mol. The summed E-state index contributed by atoms with van der Waals surface area (Å²) in [6.45, 7) is 6.34. The highest BCUT2D eigenvalue weighted by atomic mass is 19.1. The summed E-state index contributed by atoms with van der Waals surface area (Å²) < 4.78 is 23.5. The second kappa shape index (κ2) is 12.6. The van der Waals surface area contributed by atoms with Crippen molar-refractivity contribution in [1.82, 2.24) is 19.2 Å². The fraction of sp³-hybridized carbons (Fsp3) is 0.226. The minimum atomic E-state index is -0.763. The van der Waals surface area contributed by atoms with E-state index in [-0.39, 0.29) is 46.9 Å². The fourth-order valence-electron chi connectivity index (χ4n) is 4.91. The van der Waals surface area contributed by atoms with Crippen LogP contribution in [0.1, 0.15) is 35.3 Å². The van der Waals surface area contributed by atoms with E-state index in [0.29, 0.717) is 24.5 Å². The molecule has 222 valence electrons. The molecule has 4 aromatic rings. The first kappa shape index (κ1) is 29.1. The van der Waals surface area contributed by atoms with Gasteiger partial charge in [-0.15, -0.1) is 0 Å². The molecule has 2 aromatic carbocycles. The first-order valence-corrected chi connectivity index (χ1v) is 13.8. The maximum absolute atomic E-state index is 15.1. The van der Waals surface area contributed by atoms with E-state index in [1.54, 1.807) is 42.2 Å². The third-order valence-corrected chi connectivity index (χ3v) is 6.98. The van der Waals surface area contributed by atoms with Crippen LogP contribution < -0.4 is 20.9 Å². The quantitative estimate of drug-likeness (QED) is 0.230. The molecule has 0 spiro atoms. The summed E-state index contributed by atoms with van der Waals surface area (Å²) in [4.78, 5) is 45.0. The van der Waals surface area contributed by atoms with Gasteiger partial charge in [0.25, 0.3) is 11.5 Å². The average Bonchev–Trinajstić information content (AvgIpc) is 3.23. The molecule has 12 heteroatoms. The summed E-state index contributed by atoms with van der Waals surface area (Å²) in [7, 11) is 0. The van der Waals surface area contributed by atoms with Gasteiger partial charge in [-0.25, -0.2) is 18.9 Å². The second-order valence-corrected chi connectivity index (χ2v) is 10.1. The van der Waals surface area contributed by atoms with Crippen LogP contribution in [0, 0.1) is 12.7 Å². The third kappa shape index (κ3) is 6.58. The van der Waals surface area contributed by atoms with Crippen molar-refractivity contribution in [3.05, 3.63) is 107 Å². The van der Waals surface area contributed by atoms with Crippen molar-refractivity contribution in [3.63, 3.8) is 0 Å². The van der Waals surface area contributed by atoms with Crippen LogP contribution in [0.5, 0.6) is 11.5 Å². The molecule has 5 rings (SSSR count). The maximum atomic E-state index is 15.1. The number of urea groups is 1. The summed E-state index contributed by atoms with van der Waals surface area (Å²) in [6, 6.07) is 15.3. The van der Waals surface area contributed by atoms with Crippen molar-refractivity contribution in [2.45, 2.75) is 32.7 Å². The minimum absolute atomic E-state index is 0.100. The number of aliphatic hydroxyl groups is 1. The van der Waals surface area contributed by atoms with Crippen molar-refractivity contribution in [3.8, 4) is 17.2 Å². The number of amides is 3. The van der Waals surface area contributed by atoms with E-state index in [1.165, 1.54) is 39.8 Å². The van der Waals surface area contributed by atoms with Gasteiger partial charge < -0.3 is 20.1 Å². The number of nitrogens with zero attached hydrogens (tertiary/aromatic N) is 4. The highest BCUT2D eigenvalue weighted by Gasteiger charge is 2.24. The Labute approximate surface area is 246 Å². The maximum Gasteiger partial charge on any atom is 0.323 e. The van der Waals surface area contributed by atoms with Crippen LogP contribution in [-0.4, -0.2) is 49.4 Å². The number of likely N-dealkylation sites (tertiary alicyclic amines) is 1. The van der Waals surface area contributed by atoms with E-state index in [1.807, 2.05) is 0 Å². The normalized spacial score (nSPS) is 12.9. The van der Waals surface area contributed by atoms with E-state index >= 15 is 4.39 Å². The van der Waals surface area contributed by atoms with Gasteiger partial charge in [-0.1, -0.05) is 24.8 Å². The zero-order chi connectivity index (χ0) is 30.5. The first-order valence-electron chi connectivity index (χ1n) is 13.8. The average molecular weight is 587 g/mol. The first-order chi connectivity index (χ1) is 20.7. The van der Waals surface area contributed by atoms with E-state index in [9.17, 15) is 19.5 Å². The molecule has 1 saturated heterocycles. The monoisotopic (exact) mass is 586 g/mol. The van der Waals surface area contributed by atoms with Gasteiger partial charge in [0.1, 0.15) is 22.9 Å². The highest BCUT2D eigenvalue weighted by molar-refractivity contribution is 6.05. The lowest BCUT2D eigenvalue weighted by Crippen LogP contribution is -2.38. The molecule has 0 saturated carbocycles. The van der Waals surface area contributed by atoms with E-state index in [0.717, 1.165) is 25.3 Å². The van der Waals surface area contributed by atoms with Crippen LogP contribution in [0.2, 0.25) is 0 Å². The molecule has 43 heavy (non-hydrogen) atoms. The van der Waals surface area contributed by atoms with Crippen molar-refractivity contribution in [2.75, 3.05) is 23.7 Å². The number of pyridine rings is 1. The van der Waals surface area contributed by atoms with Crippen molar-refractivity contribution < 1.29 is 23.8 Å². The van der Waals surface area contributed by atoms with Gasteiger partial charge in [-0.3, -0.25) is 19.6 Å². The Hall–Kier alpha value is -5.39. The van der Waals surface area contributed by atoms with Crippen molar-refractivity contribution in [2.24, 2.45) is 0 Å². The highest BCUT2D eigenvalue weighted by Crippen LogP contribution is 2.28. The predicted molar refractivity (Wildman–Crippen MR) is 160 cm³/mol. The van der Waals surface area contributed by atoms with Crippen molar-refractivity contribution >= 4 is 23.4 Å². The fourth-order valence-corrected chi connectivity index (χ4v) is 4.91. The number of hydrogen-bond donors (Lipinski definition) is 3. The predicted octanol–water partition coefficient (Wildman–Crippen LogP) is 5.62. The number of anilines is 2. The van der Waals surface area contributed by atoms with Gasteiger partial charge >= 0.3 is 6.03 Å². The number of aliphatic hydroxyl groups excluding tert-OH is 1. The van der Waals surface area contributed by atoms with E-state index < -0.39 is 17.3 Å². The largest absolute Gasteiger partial charge is 0.511 e. The minimum Gasteiger partial charge on any atom is -0.511 e. The van der Waals surface area contributed by atoms with Crippen LogP contribution in [-0.2, 0) is 6.54 Å². The summed E-state index contributed by atoms with van der Waals surface area (Å²) in [5, 5.41) is 15.1. The van der Waals surface area contributed by atoms with Gasteiger partial charge in [-0.05, 0) is 56.5 Å². The summed E-state index contributed by atoms with van der Waals surface area (Å²) >= 11 is 0. The second-order valence-electron chi connectivity index (χ2n) is 10.1. The Balaban J connectivity index is 1.32. The van der Waals surface area contributed by atoms with Gasteiger partial charge in [0, 0.05) is 37.1 Å². The van der Waals surface area contributed by atoms with Crippen LogP contribution in [0.4, 0.5) is 20.7 Å². The molecule has 3 heterocycles. The molecule has 0 radical (unpaired) electrons. The Kier molecular flexibility index (Phi) is 8.56.